The third kappa shape index (κ3) is 5.18. The highest BCUT2D eigenvalue weighted by atomic mass is 35.5. The molecule has 0 radical (unpaired) electrons. The number of hydrogen-bond acceptors (Lipinski definition) is 7. The Morgan fingerprint density at radius 2 is 1.88 bits per heavy atom. The maximum Gasteiger partial charge on any atom is 0.270 e. The maximum atomic E-state index is 12.9. The summed E-state index contributed by atoms with van der Waals surface area (Å²) in [6.45, 7) is 1.78. The van der Waals surface area contributed by atoms with Gasteiger partial charge in [-0.05, 0) is 31.2 Å². The number of thiazole rings is 1. The number of thioether (sulfide) groups is 1. The Morgan fingerprint density at radius 1 is 1.12 bits per heavy atom. The first-order valence-corrected chi connectivity index (χ1v) is 12.1. The fraction of sp³-hybridized carbons (Fsp3) is 0.0870. The van der Waals surface area contributed by atoms with Crippen molar-refractivity contribution in [3.63, 3.8) is 0 Å². The van der Waals surface area contributed by atoms with Crippen molar-refractivity contribution in [3.8, 4) is 27.9 Å². The molecular weight excluding hydrogens is 499 g/mol. The van der Waals surface area contributed by atoms with Gasteiger partial charge in [-0.1, -0.05) is 59.2 Å². The van der Waals surface area contributed by atoms with Crippen LogP contribution in [0.25, 0.3) is 21.8 Å². The van der Waals surface area contributed by atoms with Crippen LogP contribution in [0, 0.1) is 18.3 Å². The first-order valence-electron chi connectivity index (χ1n) is 9.55. The fourth-order valence-electron chi connectivity index (χ4n) is 3.04. The first kappa shape index (κ1) is 23.2. The number of aryl methyl sites for hydroxylation is 1. The minimum atomic E-state index is -0.573. The Labute approximate surface area is 207 Å². The number of ketones is 1. The van der Waals surface area contributed by atoms with Gasteiger partial charge in [-0.15, -0.1) is 11.3 Å². The molecule has 0 saturated carbocycles. The monoisotopic (exact) mass is 512 g/mol. The number of halogens is 2. The molecule has 0 bridgehead atoms. The number of H-pyrrole nitrogens is 1. The molecule has 0 unspecified atom stereocenters. The van der Waals surface area contributed by atoms with Gasteiger partial charge < -0.3 is 4.98 Å². The van der Waals surface area contributed by atoms with Crippen molar-refractivity contribution in [2.45, 2.75) is 12.1 Å². The Balaban J connectivity index is 1.57. The lowest BCUT2D eigenvalue weighted by Gasteiger charge is -2.06. The zero-order valence-electron chi connectivity index (χ0n) is 17.1. The highest BCUT2D eigenvalue weighted by Gasteiger charge is 2.19. The topological polar surface area (TPSA) is 99.5 Å². The van der Waals surface area contributed by atoms with E-state index in [0.717, 1.165) is 22.3 Å². The number of nitrogens with zero attached hydrogens (tertiary/aromatic N) is 3. The molecule has 164 valence electrons. The van der Waals surface area contributed by atoms with E-state index in [1.807, 2.05) is 18.2 Å². The predicted molar refractivity (Wildman–Crippen MR) is 132 cm³/mol. The Kier molecular flexibility index (Phi) is 6.96. The van der Waals surface area contributed by atoms with Gasteiger partial charge in [-0.3, -0.25) is 9.59 Å². The van der Waals surface area contributed by atoms with Crippen LogP contribution in [0.1, 0.15) is 20.9 Å². The maximum absolute atomic E-state index is 12.9. The zero-order chi connectivity index (χ0) is 23.5. The summed E-state index contributed by atoms with van der Waals surface area (Å²) in [5.41, 5.74) is 1.59. The largest absolute Gasteiger partial charge is 0.300 e. The molecule has 6 nitrogen and oxygen atoms in total. The van der Waals surface area contributed by atoms with E-state index >= 15 is 0 Å². The normalized spacial score (nSPS) is 10.7. The summed E-state index contributed by atoms with van der Waals surface area (Å²) < 4.78 is 0. The second-order valence-electron chi connectivity index (χ2n) is 6.87. The van der Waals surface area contributed by atoms with Crippen LogP contribution in [0.2, 0.25) is 10.0 Å². The Morgan fingerprint density at radius 3 is 2.58 bits per heavy atom. The van der Waals surface area contributed by atoms with Crippen LogP contribution >= 0.6 is 46.3 Å². The van der Waals surface area contributed by atoms with E-state index < -0.39 is 5.56 Å². The second kappa shape index (κ2) is 9.89. The minimum absolute atomic E-state index is 0.0485. The molecule has 1 N–H and O–H groups in total. The van der Waals surface area contributed by atoms with E-state index in [4.69, 9.17) is 23.2 Å². The van der Waals surface area contributed by atoms with Crippen LogP contribution in [-0.2, 0) is 0 Å². The molecule has 4 rings (SSSR count). The van der Waals surface area contributed by atoms with Crippen molar-refractivity contribution < 1.29 is 4.79 Å². The third-order valence-corrected chi connectivity index (χ3v) is 7.20. The van der Waals surface area contributed by atoms with Crippen molar-refractivity contribution in [1.82, 2.24) is 15.0 Å². The molecule has 2 aromatic heterocycles. The number of nitriles is 1. The average molecular weight is 513 g/mol. The highest BCUT2D eigenvalue weighted by molar-refractivity contribution is 7.99. The van der Waals surface area contributed by atoms with Crippen LogP contribution in [0.3, 0.4) is 0 Å². The van der Waals surface area contributed by atoms with Crippen LogP contribution in [-0.4, -0.2) is 26.5 Å². The van der Waals surface area contributed by atoms with E-state index in [1.165, 1.54) is 11.3 Å². The van der Waals surface area contributed by atoms with Gasteiger partial charge in [0.25, 0.3) is 5.56 Å². The summed E-state index contributed by atoms with van der Waals surface area (Å²) in [5, 5.41) is 11.5. The van der Waals surface area contributed by atoms with Crippen molar-refractivity contribution in [2.75, 3.05) is 5.75 Å². The molecule has 10 heteroatoms. The number of Topliss-reactive ketones (excluding diaryl/α,β-unsaturated/α-hetero) is 1. The lowest BCUT2D eigenvalue weighted by atomic mass is 10.1. The summed E-state index contributed by atoms with van der Waals surface area (Å²) >= 11 is 14.4. The molecule has 0 aliphatic carbocycles. The summed E-state index contributed by atoms with van der Waals surface area (Å²) in [7, 11) is 0. The summed E-state index contributed by atoms with van der Waals surface area (Å²) in [5.74, 6) is -0.0843. The fourth-order valence-corrected chi connectivity index (χ4v) is 5.19. The number of aromatic amines is 1. The quantitative estimate of drug-likeness (QED) is 0.192. The SMILES string of the molecule is Cc1nc(-c2ccc(Cl)cc2)sc1C(=O)CSc1nc(-c2cccc(Cl)c2)c(C#N)c(=O)[nH]1. The third-order valence-electron chi connectivity index (χ3n) is 4.59. The van der Waals surface area contributed by atoms with Gasteiger partial charge in [0, 0.05) is 21.2 Å². The average Bonchev–Trinajstić information content (AvgIpc) is 3.19. The van der Waals surface area contributed by atoms with E-state index in [0.29, 0.717) is 26.2 Å². The predicted octanol–water partition coefficient (Wildman–Crippen LogP) is 6.02. The smallest absolute Gasteiger partial charge is 0.270 e. The molecule has 0 spiro atoms. The van der Waals surface area contributed by atoms with E-state index in [2.05, 4.69) is 15.0 Å². The second-order valence-corrected chi connectivity index (χ2v) is 9.71. The molecule has 33 heavy (non-hydrogen) atoms. The number of carbonyl (C=O) groups is 1. The van der Waals surface area contributed by atoms with Gasteiger partial charge in [0.1, 0.15) is 16.6 Å². The van der Waals surface area contributed by atoms with Crippen molar-refractivity contribution >= 4 is 52.1 Å². The highest BCUT2D eigenvalue weighted by Crippen LogP contribution is 2.30. The van der Waals surface area contributed by atoms with Gasteiger partial charge in [0.2, 0.25) is 0 Å². The van der Waals surface area contributed by atoms with Gasteiger partial charge in [-0.2, -0.15) is 5.26 Å². The molecule has 0 aliphatic rings. The van der Waals surface area contributed by atoms with Crippen molar-refractivity contribution in [2.24, 2.45) is 0 Å². The van der Waals surface area contributed by atoms with Crippen molar-refractivity contribution in [3.05, 3.63) is 85.1 Å². The van der Waals surface area contributed by atoms with E-state index in [-0.39, 0.29) is 27.9 Å². The van der Waals surface area contributed by atoms with Crippen LogP contribution in [0.4, 0.5) is 0 Å². The number of carbonyl (C=O) groups excluding carboxylic acids is 1. The van der Waals surface area contributed by atoms with Gasteiger partial charge in [0.05, 0.1) is 22.0 Å². The molecule has 0 aliphatic heterocycles. The first-order chi connectivity index (χ1) is 15.9. The standard InChI is InChI=1S/C23H14Cl2N4O2S2/c1-12-20(33-22(27-12)13-5-7-15(24)8-6-13)18(30)11-32-23-28-19(17(10-26)21(31)29-23)14-3-2-4-16(25)9-14/h2-9H,11H2,1H3,(H,28,29,31). The number of hydrogen-bond donors (Lipinski definition) is 1. The molecule has 2 aromatic carbocycles. The molecule has 4 aromatic rings. The van der Waals surface area contributed by atoms with Crippen LogP contribution in [0.5, 0.6) is 0 Å². The molecule has 0 amide bonds. The summed E-state index contributed by atoms with van der Waals surface area (Å²) in [4.78, 5) is 37.4. The van der Waals surface area contributed by atoms with Gasteiger partial charge in [-0.25, -0.2) is 9.97 Å². The van der Waals surface area contributed by atoms with Gasteiger partial charge in [0.15, 0.2) is 10.9 Å². The number of nitrogens with one attached hydrogen (secondary N) is 1. The van der Waals surface area contributed by atoms with E-state index in [1.54, 1.807) is 43.3 Å². The Hall–Kier alpha value is -2.96. The number of rotatable bonds is 6. The Bertz CT molecular complexity index is 1460. The minimum Gasteiger partial charge on any atom is -0.300 e. The molecule has 0 atom stereocenters. The molecule has 0 saturated heterocycles. The summed E-state index contributed by atoms with van der Waals surface area (Å²) in [6, 6.07) is 15.9. The van der Waals surface area contributed by atoms with Crippen LogP contribution in [0.15, 0.2) is 58.5 Å². The van der Waals surface area contributed by atoms with Crippen molar-refractivity contribution in [1.29, 1.82) is 5.26 Å². The van der Waals surface area contributed by atoms with Crippen LogP contribution < -0.4 is 5.56 Å². The summed E-state index contributed by atoms with van der Waals surface area (Å²) in [6.07, 6.45) is 0. The number of benzene rings is 2. The lowest BCUT2D eigenvalue weighted by molar-refractivity contribution is 0.102. The lowest BCUT2D eigenvalue weighted by Crippen LogP contribution is -2.15. The molecular formula is C23H14Cl2N4O2S2. The number of aromatic nitrogens is 3. The van der Waals surface area contributed by atoms with E-state index in [9.17, 15) is 14.9 Å². The van der Waals surface area contributed by atoms with Gasteiger partial charge >= 0.3 is 0 Å². The molecule has 2 heterocycles. The zero-order valence-corrected chi connectivity index (χ0v) is 20.2. The molecule has 0 fully saturated rings.